The first-order valence-electron chi connectivity index (χ1n) is 9.71. The smallest absolute Gasteiger partial charge is 0.287 e. The first kappa shape index (κ1) is 19.4. The fourth-order valence-electron chi connectivity index (χ4n) is 3.38. The summed E-state index contributed by atoms with van der Waals surface area (Å²) in [6.45, 7) is 6.35. The Labute approximate surface area is 173 Å². The lowest BCUT2D eigenvalue weighted by atomic mass is 10.2. The maximum atomic E-state index is 12.7. The molecule has 1 aromatic carbocycles. The van der Waals surface area contributed by atoms with E-state index in [2.05, 4.69) is 29.0 Å². The van der Waals surface area contributed by atoms with E-state index >= 15 is 0 Å². The predicted molar refractivity (Wildman–Crippen MR) is 114 cm³/mol. The molecule has 6 nitrogen and oxygen atoms in total. The number of carbonyl (C=O) groups is 1. The lowest BCUT2D eigenvalue weighted by Gasteiger charge is -2.28. The predicted octanol–water partition coefficient (Wildman–Crippen LogP) is 4.96. The van der Waals surface area contributed by atoms with E-state index in [0.717, 1.165) is 34.1 Å². The summed E-state index contributed by atoms with van der Waals surface area (Å²) in [5.41, 5.74) is 0.926. The quantitative estimate of drug-likeness (QED) is 0.445. The number of nitrogens with zero attached hydrogens (tertiary/aromatic N) is 2. The average molecular weight is 410 g/mol. The van der Waals surface area contributed by atoms with Gasteiger partial charge in [0, 0.05) is 6.54 Å². The molecule has 0 aliphatic carbocycles. The van der Waals surface area contributed by atoms with E-state index in [-0.39, 0.29) is 17.7 Å². The Bertz CT molecular complexity index is 1050. The number of benzene rings is 1. The molecule has 7 heteroatoms. The van der Waals surface area contributed by atoms with Crippen LogP contribution in [-0.2, 0) is 0 Å². The van der Waals surface area contributed by atoms with Crippen LogP contribution in [0.1, 0.15) is 36.2 Å². The normalized spacial score (nSPS) is 12.5. The fraction of sp³-hybridized carbons (Fsp3) is 0.273. The van der Waals surface area contributed by atoms with Gasteiger partial charge < -0.3 is 14.2 Å². The maximum absolute atomic E-state index is 12.7. The zero-order valence-electron chi connectivity index (χ0n) is 16.4. The van der Waals surface area contributed by atoms with Crippen molar-refractivity contribution >= 4 is 27.5 Å². The van der Waals surface area contributed by atoms with Gasteiger partial charge in [0.25, 0.3) is 5.91 Å². The van der Waals surface area contributed by atoms with Crippen LogP contribution in [0, 0.1) is 0 Å². The van der Waals surface area contributed by atoms with Gasteiger partial charge in [0.05, 0.1) is 22.5 Å². The van der Waals surface area contributed by atoms with E-state index < -0.39 is 0 Å². The second-order valence-corrected chi connectivity index (χ2v) is 7.64. The largest absolute Gasteiger partial charge is 0.468 e. The molecule has 29 heavy (non-hydrogen) atoms. The summed E-state index contributed by atoms with van der Waals surface area (Å²) in [6.07, 6.45) is 1.66. The first-order valence-corrected chi connectivity index (χ1v) is 10.5. The van der Waals surface area contributed by atoms with Gasteiger partial charge in [-0.1, -0.05) is 26.0 Å². The molecule has 150 valence electrons. The number of furan rings is 2. The van der Waals surface area contributed by atoms with Crippen LogP contribution >= 0.6 is 11.3 Å². The molecule has 3 aromatic heterocycles. The molecule has 0 saturated carbocycles. The average Bonchev–Trinajstić information content (AvgIpc) is 3.50. The van der Waals surface area contributed by atoms with Gasteiger partial charge in [0.15, 0.2) is 16.5 Å². The minimum atomic E-state index is -0.249. The lowest BCUT2D eigenvalue weighted by molar-refractivity contribution is 0.0903. The molecule has 0 aliphatic heterocycles. The summed E-state index contributed by atoms with van der Waals surface area (Å²) in [5.74, 6) is 1.46. The molecular formula is C22H23N3O3S. The fourth-order valence-corrected chi connectivity index (χ4v) is 4.31. The second-order valence-electron chi connectivity index (χ2n) is 6.61. The summed E-state index contributed by atoms with van der Waals surface area (Å²) < 4.78 is 12.5. The highest BCUT2D eigenvalue weighted by Gasteiger charge is 2.22. The standard InChI is InChI=1S/C22H23N3O3S/c1-3-25(4-2)16(17-9-7-13-27-17)14-23-21(26)18-11-12-19(28-18)22-24-15-8-5-6-10-20(15)29-22/h5-13,16H,3-4,14H2,1-2H3,(H,23,26). The Morgan fingerprint density at radius 2 is 1.97 bits per heavy atom. The number of fused-ring (bicyclic) bond motifs is 1. The molecule has 0 fully saturated rings. The Morgan fingerprint density at radius 3 is 2.69 bits per heavy atom. The molecule has 1 N–H and O–H groups in total. The van der Waals surface area contributed by atoms with Crippen LogP contribution in [-0.4, -0.2) is 35.4 Å². The molecular weight excluding hydrogens is 386 g/mol. The summed E-state index contributed by atoms with van der Waals surface area (Å²) in [4.78, 5) is 19.5. The van der Waals surface area contributed by atoms with E-state index in [1.165, 1.54) is 0 Å². The maximum Gasteiger partial charge on any atom is 0.287 e. The van der Waals surface area contributed by atoms with E-state index in [1.807, 2.05) is 36.4 Å². The van der Waals surface area contributed by atoms with Crippen molar-refractivity contribution in [1.29, 1.82) is 0 Å². The van der Waals surface area contributed by atoms with Crippen LogP contribution < -0.4 is 5.32 Å². The van der Waals surface area contributed by atoms with E-state index in [0.29, 0.717) is 12.3 Å². The topological polar surface area (TPSA) is 71.5 Å². The molecule has 1 amide bonds. The molecule has 0 radical (unpaired) electrons. The number of likely N-dealkylation sites (N-methyl/N-ethyl adjacent to an activating group) is 1. The Kier molecular flexibility index (Phi) is 5.78. The minimum absolute atomic E-state index is 0.0253. The highest BCUT2D eigenvalue weighted by atomic mass is 32.1. The van der Waals surface area contributed by atoms with Crippen LogP contribution in [0.3, 0.4) is 0 Å². The van der Waals surface area contributed by atoms with Gasteiger partial charge in [-0.05, 0) is 49.5 Å². The number of thiazole rings is 1. The highest BCUT2D eigenvalue weighted by Crippen LogP contribution is 2.31. The SMILES string of the molecule is CCN(CC)C(CNC(=O)c1ccc(-c2nc3ccccc3s2)o1)c1ccco1. The molecule has 1 atom stereocenters. The van der Waals surface area contributed by atoms with E-state index in [1.54, 1.807) is 29.7 Å². The number of hydrogen-bond donors (Lipinski definition) is 1. The molecule has 0 saturated heterocycles. The summed E-state index contributed by atoms with van der Waals surface area (Å²) in [6, 6.07) is 15.2. The van der Waals surface area contributed by atoms with Gasteiger partial charge in [-0.15, -0.1) is 11.3 Å². The van der Waals surface area contributed by atoms with Gasteiger partial charge in [0.1, 0.15) is 5.76 Å². The number of aromatic nitrogens is 1. The lowest BCUT2D eigenvalue weighted by Crippen LogP contribution is -2.37. The number of rotatable bonds is 8. The van der Waals surface area contributed by atoms with Crippen molar-refractivity contribution in [2.45, 2.75) is 19.9 Å². The molecule has 3 heterocycles. The van der Waals surface area contributed by atoms with Crippen LogP contribution in [0.5, 0.6) is 0 Å². The first-order chi connectivity index (χ1) is 14.2. The Balaban J connectivity index is 1.47. The van der Waals surface area contributed by atoms with E-state index in [9.17, 15) is 4.79 Å². The van der Waals surface area contributed by atoms with Crippen LogP contribution in [0.15, 0.2) is 63.6 Å². The third kappa shape index (κ3) is 4.11. The van der Waals surface area contributed by atoms with Crippen LogP contribution in [0.25, 0.3) is 21.0 Å². The third-order valence-corrected chi connectivity index (χ3v) is 5.97. The number of carbonyl (C=O) groups excluding carboxylic acids is 1. The minimum Gasteiger partial charge on any atom is -0.468 e. The van der Waals surface area contributed by atoms with Crippen molar-refractivity contribution in [2.75, 3.05) is 19.6 Å². The van der Waals surface area contributed by atoms with Crippen LogP contribution in [0.2, 0.25) is 0 Å². The number of amides is 1. The van der Waals surface area contributed by atoms with Crippen molar-refractivity contribution in [1.82, 2.24) is 15.2 Å². The molecule has 1 unspecified atom stereocenters. The van der Waals surface area contributed by atoms with Gasteiger partial charge in [-0.2, -0.15) is 0 Å². The third-order valence-electron chi connectivity index (χ3n) is 4.92. The van der Waals surface area contributed by atoms with Gasteiger partial charge in [0.2, 0.25) is 0 Å². The van der Waals surface area contributed by atoms with Crippen molar-refractivity contribution < 1.29 is 13.6 Å². The van der Waals surface area contributed by atoms with Crippen molar-refractivity contribution in [3.05, 3.63) is 66.3 Å². The van der Waals surface area contributed by atoms with Gasteiger partial charge in [-0.25, -0.2) is 4.98 Å². The number of nitrogens with one attached hydrogen (secondary N) is 1. The molecule has 4 aromatic rings. The zero-order valence-corrected chi connectivity index (χ0v) is 17.2. The van der Waals surface area contributed by atoms with Crippen molar-refractivity contribution in [3.8, 4) is 10.8 Å². The molecule has 4 rings (SSSR count). The summed E-state index contributed by atoms with van der Waals surface area (Å²) >= 11 is 1.55. The second kappa shape index (κ2) is 8.63. The Hall–Kier alpha value is -2.90. The summed E-state index contributed by atoms with van der Waals surface area (Å²) in [7, 11) is 0. The number of hydrogen-bond acceptors (Lipinski definition) is 6. The zero-order chi connectivity index (χ0) is 20.2. The van der Waals surface area contributed by atoms with Gasteiger partial charge in [-0.3, -0.25) is 9.69 Å². The monoisotopic (exact) mass is 409 g/mol. The Morgan fingerprint density at radius 1 is 1.14 bits per heavy atom. The highest BCUT2D eigenvalue weighted by molar-refractivity contribution is 7.21. The number of para-hydroxylation sites is 1. The van der Waals surface area contributed by atoms with E-state index in [4.69, 9.17) is 8.83 Å². The van der Waals surface area contributed by atoms with Gasteiger partial charge >= 0.3 is 0 Å². The van der Waals surface area contributed by atoms with Crippen molar-refractivity contribution in [3.63, 3.8) is 0 Å². The summed E-state index contributed by atoms with van der Waals surface area (Å²) in [5, 5.41) is 3.74. The molecule has 0 bridgehead atoms. The van der Waals surface area contributed by atoms with Crippen molar-refractivity contribution in [2.24, 2.45) is 0 Å². The molecule has 0 spiro atoms. The molecule has 0 aliphatic rings. The van der Waals surface area contributed by atoms with Crippen LogP contribution in [0.4, 0.5) is 0 Å².